The molecule has 1 aromatic carbocycles. The van der Waals surface area contributed by atoms with E-state index >= 15 is 0 Å². The van der Waals surface area contributed by atoms with Crippen LogP contribution in [0.15, 0.2) is 30.5 Å². The Bertz CT molecular complexity index is 1070. The van der Waals surface area contributed by atoms with Crippen LogP contribution >= 0.6 is 0 Å². The predicted octanol–water partition coefficient (Wildman–Crippen LogP) is 0.271. The normalized spacial score (nSPS) is 15.5. The maximum Gasteiger partial charge on any atom is 0.328 e. The molecule has 1 heterocycles. The third-order valence-corrected chi connectivity index (χ3v) is 6.34. The van der Waals surface area contributed by atoms with E-state index < -0.39 is 60.4 Å². The molecule has 0 aliphatic heterocycles. The molecule has 5 atom stereocenters. The number of amides is 3. The number of carboxylic acids is 1. The van der Waals surface area contributed by atoms with Crippen LogP contribution in [0.3, 0.4) is 0 Å². The number of aromatic nitrogens is 1. The maximum atomic E-state index is 13.4. The van der Waals surface area contributed by atoms with Gasteiger partial charge >= 0.3 is 5.97 Å². The molecule has 5 unspecified atom stereocenters. The highest BCUT2D eigenvalue weighted by atomic mass is 16.4. The molecule has 2 aromatic rings. The van der Waals surface area contributed by atoms with Crippen LogP contribution in [0.2, 0.25) is 0 Å². The van der Waals surface area contributed by atoms with Gasteiger partial charge in [0.2, 0.25) is 17.7 Å². The number of carbonyl (C=O) groups is 4. The Kier molecular flexibility index (Phi) is 10.4. The standard InChI is InChI=1S/C25H37N5O6/c1-5-14(4)20(26)23(33)28-18(10-15-11-27-17-9-7-6-8-16(15)17)22(32)30-21(13(2)3)24(34)29-19(12-31)25(35)36/h6-9,11,13-14,18-21,27,31H,5,10,12,26H2,1-4H3,(H,28,33)(H,29,34)(H,30,32)(H,35,36). The Morgan fingerprint density at radius 2 is 1.61 bits per heavy atom. The first-order chi connectivity index (χ1) is 17.0. The van der Waals surface area contributed by atoms with Gasteiger partial charge in [-0.25, -0.2) is 4.79 Å². The first-order valence-electron chi connectivity index (χ1n) is 12.0. The lowest BCUT2D eigenvalue weighted by Crippen LogP contribution is -2.59. The first kappa shape index (κ1) is 28.8. The van der Waals surface area contributed by atoms with E-state index in [0.29, 0.717) is 6.42 Å². The van der Waals surface area contributed by atoms with Gasteiger partial charge in [0.15, 0.2) is 0 Å². The summed E-state index contributed by atoms with van der Waals surface area (Å²) in [7, 11) is 0. The second-order valence-corrected chi connectivity index (χ2v) is 9.35. The molecule has 1 aromatic heterocycles. The Balaban J connectivity index is 2.29. The highest BCUT2D eigenvalue weighted by Crippen LogP contribution is 2.19. The van der Waals surface area contributed by atoms with Crippen molar-refractivity contribution in [1.29, 1.82) is 0 Å². The summed E-state index contributed by atoms with van der Waals surface area (Å²) in [5.41, 5.74) is 7.75. The molecule has 0 aliphatic rings. The highest BCUT2D eigenvalue weighted by molar-refractivity contribution is 5.95. The number of aliphatic hydroxyl groups excluding tert-OH is 1. The van der Waals surface area contributed by atoms with Gasteiger partial charge in [-0.1, -0.05) is 52.3 Å². The van der Waals surface area contributed by atoms with Gasteiger partial charge in [-0.3, -0.25) is 14.4 Å². The summed E-state index contributed by atoms with van der Waals surface area (Å²) in [5.74, 6) is -3.77. The minimum absolute atomic E-state index is 0.109. The van der Waals surface area contributed by atoms with Gasteiger partial charge in [-0.2, -0.15) is 0 Å². The monoisotopic (exact) mass is 503 g/mol. The minimum atomic E-state index is -1.51. The number of carboxylic acid groups (broad SMARTS) is 1. The number of benzene rings is 1. The van der Waals surface area contributed by atoms with Crippen molar-refractivity contribution in [2.24, 2.45) is 17.6 Å². The zero-order valence-corrected chi connectivity index (χ0v) is 21.1. The van der Waals surface area contributed by atoms with E-state index in [4.69, 9.17) is 10.8 Å². The number of carbonyl (C=O) groups excluding carboxylic acids is 3. The number of rotatable bonds is 13. The summed E-state index contributed by atoms with van der Waals surface area (Å²) in [6.07, 6.45) is 2.58. The quantitative estimate of drug-likeness (QED) is 0.204. The summed E-state index contributed by atoms with van der Waals surface area (Å²) in [4.78, 5) is 53.4. The van der Waals surface area contributed by atoms with Crippen molar-refractivity contribution in [3.8, 4) is 0 Å². The second kappa shape index (κ2) is 13.0. The van der Waals surface area contributed by atoms with Crippen LogP contribution in [0, 0.1) is 11.8 Å². The lowest BCUT2D eigenvalue weighted by Gasteiger charge is -2.27. The van der Waals surface area contributed by atoms with E-state index in [1.165, 1.54) is 0 Å². The Morgan fingerprint density at radius 1 is 0.972 bits per heavy atom. The smallest absolute Gasteiger partial charge is 0.328 e. The van der Waals surface area contributed by atoms with Gasteiger partial charge in [-0.05, 0) is 23.5 Å². The van der Waals surface area contributed by atoms with Crippen molar-refractivity contribution in [2.75, 3.05) is 6.61 Å². The number of fused-ring (bicyclic) bond motifs is 1. The van der Waals surface area contributed by atoms with E-state index in [0.717, 1.165) is 16.5 Å². The number of hydrogen-bond donors (Lipinski definition) is 7. The molecular weight excluding hydrogens is 466 g/mol. The summed E-state index contributed by atoms with van der Waals surface area (Å²) in [6, 6.07) is 3.06. The van der Waals surface area contributed by atoms with E-state index in [1.54, 1.807) is 20.0 Å². The van der Waals surface area contributed by atoms with Crippen LogP contribution in [-0.4, -0.2) is 69.7 Å². The van der Waals surface area contributed by atoms with Crippen LogP contribution in [0.4, 0.5) is 0 Å². The molecule has 0 aliphatic carbocycles. The van der Waals surface area contributed by atoms with Gasteiger partial charge in [0.05, 0.1) is 12.6 Å². The minimum Gasteiger partial charge on any atom is -0.480 e. The zero-order chi connectivity index (χ0) is 27.0. The Labute approximate surface area is 210 Å². The van der Waals surface area contributed by atoms with Crippen molar-refractivity contribution in [3.05, 3.63) is 36.0 Å². The van der Waals surface area contributed by atoms with Gasteiger partial charge < -0.3 is 36.9 Å². The Hall–Kier alpha value is -3.44. The fourth-order valence-electron chi connectivity index (χ4n) is 3.75. The number of para-hydroxylation sites is 1. The van der Waals surface area contributed by atoms with Gasteiger partial charge in [-0.15, -0.1) is 0 Å². The molecule has 11 heteroatoms. The number of hydrogen-bond acceptors (Lipinski definition) is 6. The fraction of sp³-hybridized carbons (Fsp3) is 0.520. The van der Waals surface area contributed by atoms with Crippen LogP contribution in [0.25, 0.3) is 10.9 Å². The summed E-state index contributed by atoms with van der Waals surface area (Å²) in [6.45, 7) is 6.33. The van der Waals surface area contributed by atoms with E-state index in [2.05, 4.69) is 20.9 Å². The number of aliphatic carboxylic acids is 1. The van der Waals surface area contributed by atoms with Crippen LogP contribution < -0.4 is 21.7 Å². The highest BCUT2D eigenvalue weighted by Gasteiger charge is 2.32. The average molecular weight is 504 g/mol. The third-order valence-electron chi connectivity index (χ3n) is 6.34. The molecule has 198 valence electrons. The number of nitrogens with two attached hydrogens (primary N) is 1. The Morgan fingerprint density at radius 3 is 2.19 bits per heavy atom. The van der Waals surface area contributed by atoms with Gasteiger partial charge in [0.25, 0.3) is 0 Å². The lowest BCUT2D eigenvalue weighted by molar-refractivity contribution is -0.143. The van der Waals surface area contributed by atoms with E-state index in [9.17, 15) is 24.3 Å². The molecular formula is C25H37N5O6. The third kappa shape index (κ3) is 7.28. The molecule has 0 saturated heterocycles. The van der Waals surface area contributed by atoms with E-state index in [-0.39, 0.29) is 12.3 Å². The fourth-order valence-corrected chi connectivity index (χ4v) is 3.75. The number of nitrogens with one attached hydrogen (secondary N) is 4. The molecule has 0 bridgehead atoms. The average Bonchev–Trinajstić information content (AvgIpc) is 3.26. The number of aliphatic hydroxyl groups is 1. The van der Waals surface area contributed by atoms with Crippen molar-refractivity contribution in [3.63, 3.8) is 0 Å². The lowest BCUT2D eigenvalue weighted by atomic mass is 9.97. The molecule has 2 rings (SSSR count). The molecule has 0 saturated carbocycles. The van der Waals surface area contributed by atoms with Crippen LogP contribution in [0.1, 0.15) is 39.7 Å². The summed E-state index contributed by atoms with van der Waals surface area (Å²) < 4.78 is 0. The van der Waals surface area contributed by atoms with Gasteiger partial charge in [0, 0.05) is 23.5 Å². The van der Waals surface area contributed by atoms with Crippen molar-refractivity contribution < 1.29 is 29.4 Å². The van der Waals surface area contributed by atoms with Crippen LogP contribution in [-0.2, 0) is 25.6 Å². The first-order valence-corrected chi connectivity index (χ1v) is 12.0. The van der Waals surface area contributed by atoms with Crippen LogP contribution in [0.5, 0.6) is 0 Å². The maximum absolute atomic E-state index is 13.4. The SMILES string of the molecule is CCC(C)C(N)C(=O)NC(Cc1c[nH]c2ccccc12)C(=O)NC(C(=O)NC(CO)C(=O)O)C(C)C. The van der Waals surface area contributed by atoms with Crippen molar-refractivity contribution in [1.82, 2.24) is 20.9 Å². The molecule has 8 N–H and O–H groups in total. The van der Waals surface area contributed by atoms with Crippen molar-refractivity contribution in [2.45, 2.75) is 64.7 Å². The molecule has 0 spiro atoms. The number of H-pyrrole nitrogens is 1. The van der Waals surface area contributed by atoms with Crippen molar-refractivity contribution >= 4 is 34.6 Å². The predicted molar refractivity (Wildman–Crippen MR) is 135 cm³/mol. The van der Waals surface area contributed by atoms with E-state index in [1.807, 2.05) is 38.1 Å². The molecule has 36 heavy (non-hydrogen) atoms. The largest absolute Gasteiger partial charge is 0.480 e. The molecule has 0 radical (unpaired) electrons. The zero-order valence-electron chi connectivity index (χ0n) is 21.1. The molecule has 11 nitrogen and oxygen atoms in total. The summed E-state index contributed by atoms with van der Waals surface area (Å²) in [5, 5.41) is 26.9. The molecule has 3 amide bonds. The second-order valence-electron chi connectivity index (χ2n) is 9.35. The topological polar surface area (TPSA) is 187 Å². The summed E-state index contributed by atoms with van der Waals surface area (Å²) >= 11 is 0. The number of aromatic amines is 1. The van der Waals surface area contributed by atoms with Gasteiger partial charge in [0.1, 0.15) is 18.1 Å². The molecule has 0 fully saturated rings.